The summed E-state index contributed by atoms with van der Waals surface area (Å²) in [6, 6.07) is 24.1. The third-order valence-electron chi connectivity index (χ3n) is 6.46. The third-order valence-corrected chi connectivity index (χ3v) is 6.93. The highest BCUT2D eigenvalue weighted by Gasteiger charge is 2.32. The van der Waals surface area contributed by atoms with Crippen LogP contribution in [-0.2, 0) is 29.0 Å². The van der Waals surface area contributed by atoms with Crippen molar-refractivity contribution >= 4 is 35.0 Å². The molecule has 1 N–H and O–H groups in total. The molecule has 1 aliphatic rings. The summed E-state index contributed by atoms with van der Waals surface area (Å²) in [5, 5.41) is 4.40. The van der Waals surface area contributed by atoms with Crippen LogP contribution in [0.1, 0.15) is 42.4 Å². The number of halogens is 2. The quantitative estimate of drug-likeness (QED) is 0.372. The molecule has 1 aliphatic carbocycles. The molecule has 4 nitrogen and oxygen atoms in total. The van der Waals surface area contributed by atoms with Gasteiger partial charge in [-0.25, -0.2) is 0 Å². The van der Waals surface area contributed by atoms with Crippen molar-refractivity contribution in [2.24, 2.45) is 0 Å². The average molecular weight is 509 g/mol. The lowest BCUT2D eigenvalue weighted by Gasteiger charge is -2.32. The van der Waals surface area contributed by atoms with Crippen LogP contribution in [0.5, 0.6) is 0 Å². The minimum atomic E-state index is -0.649. The molecule has 0 aliphatic heterocycles. The van der Waals surface area contributed by atoms with Gasteiger partial charge in [-0.1, -0.05) is 90.6 Å². The summed E-state index contributed by atoms with van der Waals surface area (Å²) in [6.45, 7) is 0.287. The van der Waals surface area contributed by atoms with Gasteiger partial charge in [0.15, 0.2) is 0 Å². The van der Waals surface area contributed by atoms with Crippen LogP contribution in [-0.4, -0.2) is 28.8 Å². The van der Waals surface area contributed by atoms with E-state index in [0.717, 1.165) is 42.4 Å². The largest absolute Gasteiger partial charge is 0.352 e. The number of amides is 2. The molecule has 35 heavy (non-hydrogen) atoms. The van der Waals surface area contributed by atoms with E-state index in [-0.39, 0.29) is 30.8 Å². The van der Waals surface area contributed by atoms with E-state index in [1.54, 1.807) is 23.1 Å². The first kappa shape index (κ1) is 25.3. The van der Waals surface area contributed by atoms with Gasteiger partial charge in [0.1, 0.15) is 6.04 Å². The summed E-state index contributed by atoms with van der Waals surface area (Å²) in [5.41, 5.74) is 2.70. The van der Waals surface area contributed by atoms with Crippen LogP contribution in [0, 0.1) is 0 Å². The van der Waals surface area contributed by atoms with Crippen LogP contribution in [0.2, 0.25) is 10.0 Å². The minimum absolute atomic E-state index is 0.109. The summed E-state index contributed by atoms with van der Waals surface area (Å²) < 4.78 is 0. The van der Waals surface area contributed by atoms with Crippen molar-refractivity contribution in [1.29, 1.82) is 0 Å². The topological polar surface area (TPSA) is 49.4 Å². The molecule has 4 rings (SSSR count). The van der Waals surface area contributed by atoms with Crippen molar-refractivity contribution in [3.63, 3.8) is 0 Å². The molecule has 1 atom stereocenters. The fourth-order valence-electron chi connectivity index (χ4n) is 4.68. The Hall–Kier alpha value is -2.82. The second-order valence-corrected chi connectivity index (χ2v) is 10.0. The van der Waals surface area contributed by atoms with E-state index in [1.807, 2.05) is 60.7 Å². The van der Waals surface area contributed by atoms with Crippen molar-refractivity contribution in [2.45, 2.75) is 57.2 Å². The molecule has 2 amide bonds. The second-order valence-electron chi connectivity index (χ2n) is 9.15. The maximum Gasteiger partial charge on any atom is 0.243 e. The number of nitrogens with zero attached hydrogens (tertiary/aromatic N) is 1. The summed E-state index contributed by atoms with van der Waals surface area (Å²) in [5.74, 6) is -0.239. The predicted molar refractivity (Wildman–Crippen MR) is 141 cm³/mol. The molecule has 1 unspecified atom stereocenters. The number of hydrogen-bond acceptors (Lipinski definition) is 2. The number of carbonyl (C=O) groups is 2. The first-order chi connectivity index (χ1) is 17.0. The molecule has 182 valence electrons. The molecule has 0 heterocycles. The zero-order chi connectivity index (χ0) is 24.6. The molecule has 1 fully saturated rings. The van der Waals surface area contributed by atoms with Crippen LogP contribution in [0.4, 0.5) is 0 Å². The van der Waals surface area contributed by atoms with Gasteiger partial charge in [-0.15, -0.1) is 0 Å². The zero-order valence-corrected chi connectivity index (χ0v) is 21.1. The Morgan fingerprint density at radius 2 is 1.43 bits per heavy atom. The van der Waals surface area contributed by atoms with Gasteiger partial charge < -0.3 is 10.2 Å². The third kappa shape index (κ3) is 7.33. The highest BCUT2D eigenvalue weighted by atomic mass is 35.5. The first-order valence-electron chi connectivity index (χ1n) is 12.1. The Bertz CT molecular complexity index is 1150. The zero-order valence-electron chi connectivity index (χ0n) is 19.6. The fraction of sp³-hybridized carbons (Fsp3) is 0.310. The lowest BCUT2D eigenvalue weighted by atomic mass is 10.0. The number of carbonyl (C=O) groups excluding carboxylic acids is 2. The van der Waals surface area contributed by atoms with Crippen molar-refractivity contribution < 1.29 is 9.59 Å². The Morgan fingerprint density at radius 1 is 0.829 bits per heavy atom. The highest BCUT2D eigenvalue weighted by molar-refractivity contribution is 6.30. The summed E-state index contributed by atoms with van der Waals surface area (Å²) in [7, 11) is 0. The summed E-state index contributed by atoms with van der Waals surface area (Å²) in [6.07, 6.45) is 4.79. The average Bonchev–Trinajstić information content (AvgIpc) is 3.35. The molecule has 0 radical (unpaired) electrons. The maximum absolute atomic E-state index is 13.8. The van der Waals surface area contributed by atoms with Gasteiger partial charge >= 0.3 is 0 Å². The summed E-state index contributed by atoms with van der Waals surface area (Å²) >= 11 is 12.4. The maximum atomic E-state index is 13.8. The molecule has 3 aromatic rings. The minimum Gasteiger partial charge on any atom is -0.352 e. The van der Waals surface area contributed by atoms with E-state index in [1.165, 1.54) is 0 Å². The van der Waals surface area contributed by atoms with Gasteiger partial charge in [0, 0.05) is 29.1 Å². The van der Waals surface area contributed by atoms with E-state index in [2.05, 4.69) is 5.32 Å². The monoisotopic (exact) mass is 508 g/mol. The lowest BCUT2D eigenvalue weighted by Crippen LogP contribution is -2.52. The van der Waals surface area contributed by atoms with Crippen LogP contribution in [0.25, 0.3) is 0 Å². The molecule has 0 saturated heterocycles. The fourth-order valence-corrected chi connectivity index (χ4v) is 5.10. The van der Waals surface area contributed by atoms with E-state index in [9.17, 15) is 9.59 Å². The normalized spacial score (nSPS) is 14.5. The molecule has 0 bridgehead atoms. The van der Waals surface area contributed by atoms with Gasteiger partial charge in [-0.05, 0) is 53.8 Å². The van der Waals surface area contributed by atoms with E-state index in [0.29, 0.717) is 16.5 Å². The molecule has 6 heteroatoms. The van der Waals surface area contributed by atoms with Crippen LogP contribution < -0.4 is 5.32 Å². The van der Waals surface area contributed by atoms with Crippen molar-refractivity contribution in [1.82, 2.24) is 10.2 Å². The molecule has 0 spiro atoms. The van der Waals surface area contributed by atoms with Gasteiger partial charge in [-0.2, -0.15) is 0 Å². The van der Waals surface area contributed by atoms with E-state index >= 15 is 0 Å². The number of benzene rings is 3. The number of nitrogens with one attached hydrogen (secondary N) is 1. The lowest BCUT2D eigenvalue weighted by molar-refractivity contribution is -0.141. The first-order valence-corrected chi connectivity index (χ1v) is 12.9. The number of rotatable bonds is 9. The Morgan fingerprint density at radius 3 is 2.09 bits per heavy atom. The highest BCUT2D eigenvalue weighted by Crippen LogP contribution is 2.22. The summed E-state index contributed by atoms with van der Waals surface area (Å²) in [4.78, 5) is 29.1. The van der Waals surface area contributed by atoms with Gasteiger partial charge in [0.2, 0.25) is 11.8 Å². The smallest absolute Gasteiger partial charge is 0.243 e. The second kappa shape index (κ2) is 12.2. The van der Waals surface area contributed by atoms with Crippen LogP contribution in [0.15, 0.2) is 78.9 Å². The van der Waals surface area contributed by atoms with Crippen molar-refractivity contribution in [3.8, 4) is 0 Å². The van der Waals surface area contributed by atoms with Crippen LogP contribution >= 0.6 is 23.2 Å². The Balaban J connectivity index is 1.66. The van der Waals surface area contributed by atoms with Gasteiger partial charge in [0.05, 0.1) is 6.42 Å². The predicted octanol–water partition coefficient (Wildman–Crippen LogP) is 6.23. The molecular weight excluding hydrogens is 479 g/mol. The van der Waals surface area contributed by atoms with Crippen molar-refractivity contribution in [2.75, 3.05) is 0 Å². The SMILES string of the molecule is O=C(NC1CCCC1)C(Cc1ccccc1)N(Cc1cccc(Cl)c1)C(=O)Cc1cccc(Cl)c1. The van der Waals surface area contributed by atoms with Gasteiger partial charge in [-0.3, -0.25) is 9.59 Å². The molecular formula is C29H30Cl2N2O2. The van der Waals surface area contributed by atoms with Gasteiger partial charge in [0.25, 0.3) is 0 Å². The Labute approximate surface area is 217 Å². The molecule has 1 saturated carbocycles. The molecule has 0 aromatic heterocycles. The van der Waals surface area contributed by atoms with Crippen LogP contribution in [0.3, 0.4) is 0 Å². The standard InChI is InChI=1S/C29H30Cl2N2O2/c30-24-12-6-10-22(16-24)19-28(34)33(20-23-11-7-13-25(31)17-23)27(18-21-8-2-1-3-9-21)29(35)32-26-14-4-5-15-26/h1-3,6-13,16-17,26-27H,4-5,14-15,18-20H2,(H,32,35). The van der Waals surface area contributed by atoms with E-state index < -0.39 is 6.04 Å². The van der Waals surface area contributed by atoms with E-state index in [4.69, 9.17) is 23.2 Å². The van der Waals surface area contributed by atoms with Crippen molar-refractivity contribution in [3.05, 3.63) is 106 Å². The number of hydrogen-bond donors (Lipinski definition) is 1. The molecule has 3 aromatic carbocycles. The Kier molecular flexibility index (Phi) is 8.84.